The Labute approximate surface area is 88.3 Å². The van der Waals surface area contributed by atoms with Gasteiger partial charge in [-0.15, -0.1) is 37.2 Å². The molecule has 0 aliphatic heterocycles. The van der Waals surface area contributed by atoms with Crippen LogP contribution >= 0.6 is 37.2 Å². The van der Waals surface area contributed by atoms with Crippen LogP contribution < -0.4 is 0 Å². The Balaban J connectivity index is 0. The van der Waals surface area contributed by atoms with E-state index in [0.29, 0.717) is 0 Å². The summed E-state index contributed by atoms with van der Waals surface area (Å²) in [7, 11) is 0. The first kappa shape index (κ1) is 48.4. The molecule has 0 aromatic rings. The molecule has 0 fully saturated rings. The second kappa shape index (κ2) is 30.3. The fourth-order valence-electron chi connectivity index (χ4n) is 0. The van der Waals surface area contributed by atoms with Crippen molar-refractivity contribution in [2.45, 2.75) is 0 Å². The molecule has 0 heterocycles. The molecule has 5 heteroatoms. The first-order valence-electron chi connectivity index (χ1n) is 0. The van der Waals surface area contributed by atoms with Crippen LogP contribution in [0.25, 0.3) is 0 Å². The van der Waals surface area contributed by atoms with Crippen molar-refractivity contribution >= 4 is 89.6 Å². The van der Waals surface area contributed by atoms with Crippen LogP contribution in [0.15, 0.2) is 0 Å². The summed E-state index contributed by atoms with van der Waals surface area (Å²) in [5, 5.41) is 0. The molecular formula is H9Bi2Cl3. The molecule has 40 valence electrons. The molecule has 0 amide bonds. The van der Waals surface area contributed by atoms with Crippen LogP contribution in [0.3, 0.4) is 0 Å². The van der Waals surface area contributed by atoms with Crippen molar-refractivity contribution in [2.24, 2.45) is 0 Å². The summed E-state index contributed by atoms with van der Waals surface area (Å²) in [6.45, 7) is 0. The van der Waals surface area contributed by atoms with Gasteiger partial charge in [0.15, 0.2) is 0 Å². The average Bonchev–Trinajstić information content (AvgIpc) is 0. The van der Waals surface area contributed by atoms with E-state index in [2.05, 4.69) is 0 Å². The van der Waals surface area contributed by atoms with Gasteiger partial charge in [0.25, 0.3) is 0 Å². The zero-order valence-electron chi connectivity index (χ0n) is 2.64. The van der Waals surface area contributed by atoms with Crippen molar-refractivity contribution in [3.8, 4) is 0 Å². The van der Waals surface area contributed by atoms with Crippen molar-refractivity contribution < 1.29 is 0 Å². The van der Waals surface area contributed by atoms with E-state index < -0.39 is 0 Å². The molecule has 0 bridgehead atoms. The Morgan fingerprint density at radius 3 is 0.400 bits per heavy atom. The van der Waals surface area contributed by atoms with E-state index in [1.807, 2.05) is 0 Å². The second-order valence-corrected chi connectivity index (χ2v) is 0. The topological polar surface area (TPSA) is 0 Å². The normalized spacial score (nSPS) is 0. The van der Waals surface area contributed by atoms with Crippen molar-refractivity contribution in [3.05, 3.63) is 0 Å². The molecule has 0 nitrogen and oxygen atoms in total. The number of rotatable bonds is 0. The third kappa shape index (κ3) is 20.5. The van der Waals surface area contributed by atoms with Crippen LogP contribution in [-0.4, -0.2) is 52.4 Å². The Kier molecular flexibility index (Phi) is 294. The van der Waals surface area contributed by atoms with Crippen molar-refractivity contribution in [2.75, 3.05) is 0 Å². The Morgan fingerprint density at radius 1 is 0.400 bits per heavy atom. The molecule has 0 spiro atoms. The number of hydrogen-bond acceptors (Lipinski definition) is 0. The van der Waals surface area contributed by atoms with Gasteiger partial charge in [-0.1, -0.05) is 0 Å². The summed E-state index contributed by atoms with van der Waals surface area (Å²) in [4.78, 5) is 0. The van der Waals surface area contributed by atoms with Gasteiger partial charge < -0.3 is 0 Å². The van der Waals surface area contributed by atoms with E-state index in [-0.39, 0.29) is 89.6 Å². The maximum absolute atomic E-state index is 0. The minimum atomic E-state index is 0. The number of halogens is 3. The third-order valence-electron chi connectivity index (χ3n) is 0. The Bertz CT molecular complexity index is 4.85. The standard InChI is InChI=1S/2Bi.3ClH.6H/h;;3*1H;;;;;;. The van der Waals surface area contributed by atoms with Gasteiger partial charge in [-0.05, 0) is 0 Å². The van der Waals surface area contributed by atoms with Crippen LogP contribution in [0.4, 0.5) is 0 Å². The quantitative estimate of drug-likeness (QED) is 0.347. The van der Waals surface area contributed by atoms with E-state index in [9.17, 15) is 0 Å². The predicted molar refractivity (Wildman–Crippen MR) is 41.6 cm³/mol. The van der Waals surface area contributed by atoms with Gasteiger partial charge in [0.1, 0.15) is 0 Å². The summed E-state index contributed by atoms with van der Waals surface area (Å²) >= 11 is 0. The van der Waals surface area contributed by atoms with E-state index in [1.54, 1.807) is 0 Å². The Hall–Kier alpha value is 2.64. The molecule has 5 heavy (non-hydrogen) atoms. The molecule has 0 rings (SSSR count). The van der Waals surface area contributed by atoms with E-state index in [1.165, 1.54) is 0 Å². The molecule has 0 aromatic carbocycles. The molecule has 0 atom stereocenters. The molecule has 0 aliphatic carbocycles. The molecule has 0 radical (unpaired) electrons. The molecule has 0 saturated heterocycles. The van der Waals surface area contributed by atoms with Gasteiger partial charge in [0.2, 0.25) is 0 Å². The minimum absolute atomic E-state index is 0. The summed E-state index contributed by atoms with van der Waals surface area (Å²) in [6.07, 6.45) is 0. The maximum atomic E-state index is 0. The fraction of sp³-hybridized carbons (Fsp3) is 0. The van der Waals surface area contributed by atoms with Gasteiger partial charge in [0.05, 0.1) is 0 Å². The van der Waals surface area contributed by atoms with Crippen LogP contribution in [0.1, 0.15) is 0 Å². The van der Waals surface area contributed by atoms with Gasteiger partial charge in [-0.3, -0.25) is 0 Å². The monoisotopic (exact) mass is 532 g/mol. The Morgan fingerprint density at radius 2 is 0.400 bits per heavy atom. The van der Waals surface area contributed by atoms with Crippen LogP contribution in [0.5, 0.6) is 0 Å². The van der Waals surface area contributed by atoms with E-state index in [0.717, 1.165) is 0 Å². The second-order valence-electron chi connectivity index (χ2n) is 0. The van der Waals surface area contributed by atoms with Crippen molar-refractivity contribution in [3.63, 3.8) is 0 Å². The molecule has 0 aliphatic rings. The summed E-state index contributed by atoms with van der Waals surface area (Å²) in [5.41, 5.74) is 0. The van der Waals surface area contributed by atoms with Gasteiger partial charge in [-0.2, -0.15) is 0 Å². The van der Waals surface area contributed by atoms with E-state index in [4.69, 9.17) is 0 Å². The van der Waals surface area contributed by atoms with Crippen molar-refractivity contribution in [1.29, 1.82) is 0 Å². The number of hydrogen-bond donors (Lipinski definition) is 0. The van der Waals surface area contributed by atoms with Crippen LogP contribution in [-0.2, 0) is 0 Å². The average molecular weight is 533 g/mol. The predicted octanol–water partition coefficient (Wildman–Crippen LogP) is -1.10. The van der Waals surface area contributed by atoms with Gasteiger partial charge >= 0.3 is 52.4 Å². The van der Waals surface area contributed by atoms with E-state index >= 15 is 0 Å². The summed E-state index contributed by atoms with van der Waals surface area (Å²) in [5.74, 6) is 0. The summed E-state index contributed by atoms with van der Waals surface area (Å²) in [6, 6.07) is 0. The molecular weight excluding hydrogens is 524 g/mol. The summed E-state index contributed by atoms with van der Waals surface area (Å²) < 4.78 is 0. The first-order valence-corrected chi connectivity index (χ1v) is 0. The van der Waals surface area contributed by atoms with Crippen LogP contribution in [0, 0.1) is 0 Å². The van der Waals surface area contributed by atoms with Gasteiger partial charge in [0, 0.05) is 0 Å². The zero-order chi connectivity index (χ0) is 0. The van der Waals surface area contributed by atoms with Crippen LogP contribution in [0.2, 0.25) is 0 Å². The SMILES string of the molecule is Cl.Cl.Cl.[BiH3].[BiH3]. The molecule has 0 N–H and O–H groups in total. The molecule has 0 saturated carbocycles. The first-order chi connectivity index (χ1) is 0. The third-order valence-corrected chi connectivity index (χ3v) is 0. The van der Waals surface area contributed by atoms with Gasteiger partial charge in [-0.25, -0.2) is 0 Å². The fourth-order valence-corrected chi connectivity index (χ4v) is 0. The molecule has 0 unspecified atom stereocenters. The van der Waals surface area contributed by atoms with Crippen molar-refractivity contribution in [1.82, 2.24) is 0 Å². The zero-order valence-corrected chi connectivity index (χ0v) is 16.1. The molecule has 0 aromatic heterocycles.